The summed E-state index contributed by atoms with van der Waals surface area (Å²) in [6, 6.07) is 20.6. The molecule has 2 aromatic heterocycles. The maximum atomic E-state index is 4.43. The number of benzene rings is 2. The van der Waals surface area contributed by atoms with Gasteiger partial charge in [-0.05, 0) is 18.1 Å². The average Bonchev–Trinajstić information content (AvgIpc) is 3.07. The Balaban J connectivity index is 1.63. The van der Waals surface area contributed by atoms with Crippen molar-refractivity contribution < 1.29 is 0 Å². The van der Waals surface area contributed by atoms with Crippen molar-refractivity contribution in [2.45, 2.75) is 23.7 Å². The van der Waals surface area contributed by atoms with Crippen molar-refractivity contribution in [3.63, 3.8) is 0 Å². The molecule has 2 heterocycles. The molecule has 5 nitrogen and oxygen atoms in total. The Morgan fingerprint density at radius 1 is 0.960 bits per heavy atom. The van der Waals surface area contributed by atoms with Crippen LogP contribution in [0.15, 0.2) is 72.0 Å². The quantitative estimate of drug-likeness (QED) is 0.401. The summed E-state index contributed by atoms with van der Waals surface area (Å²) < 4.78 is 1.82. The van der Waals surface area contributed by atoms with Crippen molar-refractivity contribution in [2.75, 3.05) is 0 Å². The highest BCUT2D eigenvalue weighted by molar-refractivity contribution is 7.99. The van der Waals surface area contributed by atoms with Gasteiger partial charge in [0.15, 0.2) is 11.2 Å². The Morgan fingerprint density at radius 3 is 2.44 bits per heavy atom. The van der Waals surface area contributed by atoms with Crippen LogP contribution in [0.4, 0.5) is 0 Å². The molecule has 124 valence electrons. The van der Waals surface area contributed by atoms with Crippen molar-refractivity contribution in [1.82, 2.24) is 25.0 Å². The lowest BCUT2D eigenvalue weighted by molar-refractivity contribution is 0.664. The number of aromatic nitrogens is 5. The predicted molar refractivity (Wildman–Crippen MR) is 99.4 cm³/mol. The van der Waals surface area contributed by atoms with Gasteiger partial charge < -0.3 is 0 Å². The van der Waals surface area contributed by atoms with Gasteiger partial charge in [0.05, 0.1) is 6.54 Å². The summed E-state index contributed by atoms with van der Waals surface area (Å²) in [5, 5.41) is 9.75. The van der Waals surface area contributed by atoms with E-state index < -0.39 is 0 Å². The number of fused-ring (bicyclic) bond motifs is 1. The Morgan fingerprint density at radius 2 is 1.68 bits per heavy atom. The van der Waals surface area contributed by atoms with Crippen LogP contribution in [0.5, 0.6) is 0 Å². The Labute approximate surface area is 150 Å². The molecule has 0 amide bonds. The maximum absolute atomic E-state index is 4.43. The van der Waals surface area contributed by atoms with Crippen molar-refractivity contribution in [3.8, 4) is 0 Å². The third-order valence-electron chi connectivity index (χ3n) is 4.00. The van der Waals surface area contributed by atoms with Crippen molar-refractivity contribution >= 4 is 22.9 Å². The Kier molecular flexibility index (Phi) is 4.43. The Bertz CT molecular complexity index is 969. The third-order valence-corrected chi connectivity index (χ3v) is 5.15. The van der Waals surface area contributed by atoms with Crippen molar-refractivity contribution in [1.29, 1.82) is 0 Å². The highest BCUT2D eigenvalue weighted by Gasteiger charge is 2.15. The van der Waals surface area contributed by atoms with Gasteiger partial charge in [-0.15, -0.1) is 5.10 Å². The van der Waals surface area contributed by atoms with Crippen LogP contribution in [-0.2, 0) is 6.54 Å². The zero-order chi connectivity index (χ0) is 17.1. The lowest BCUT2D eigenvalue weighted by atomic mass is 10.2. The fraction of sp³-hybridized carbons (Fsp3) is 0.158. The number of thioether (sulfide) groups is 1. The van der Waals surface area contributed by atoms with Crippen LogP contribution in [-0.4, -0.2) is 25.0 Å². The van der Waals surface area contributed by atoms with E-state index in [9.17, 15) is 0 Å². The van der Waals surface area contributed by atoms with E-state index >= 15 is 0 Å². The SMILES string of the molecule is C[C@H](Sc1ncnc2c1nnn2Cc1ccccc1)c1ccccc1. The van der Waals surface area contributed by atoms with Crippen LogP contribution in [0.25, 0.3) is 11.2 Å². The lowest BCUT2D eigenvalue weighted by Crippen LogP contribution is -2.03. The molecule has 4 aromatic rings. The van der Waals surface area contributed by atoms with E-state index in [-0.39, 0.29) is 5.25 Å². The molecule has 2 aromatic carbocycles. The number of hydrogen-bond donors (Lipinski definition) is 0. The summed E-state index contributed by atoms with van der Waals surface area (Å²) in [7, 11) is 0. The monoisotopic (exact) mass is 347 g/mol. The summed E-state index contributed by atoms with van der Waals surface area (Å²) in [5.74, 6) is 0. The fourth-order valence-corrected chi connectivity index (χ4v) is 3.66. The fourth-order valence-electron chi connectivity index (χ4n) is 2.68. The van der Waals surface area contributed by atoms with E-state index in [0.29, 0.717) is 6.54 Å². The minimum Gasteiger partial charge on any atom is -0.227 e. The minimum atomic E-state index is 0.276. The van der Waals surface area contributed by atoms with E-state index in [1.807, 2.05) is 28.9 Å². The summed E-state index contributed by atoms with van der Waals surface area (Å²) >= 11 is 1.68. The van der Waals surface area contributed by atoms with Crippen molar-refractivity contribution in [3.05, 3.63) is 78.1 Å². The van der Waals surface area contributed by atoms with E-state index in [0.717, 1.165) is 16.2 Å². The number of hydrogen-bond acceptors (Lipinski definition) is 5. The van der Waals surface area contributed by atoms with Gasteiger partial charge in [0, 0.05) is 5.25 Å². The molecule has 0 spiro atoms. The molecule has 0 radical (unpaired) electrons. The van der Waals surface area contributed by atoms with Crippen LogP contribution in [0, 0.1) is 0 Å². The molecule has 0 saturated heterocycles. The number of rotatable bonds is 5. The minimum absolute atomic E-state index is 0.276. The molecule has 0 N–H and O–H groups in total. The molecule has 0 aliphatic carbocycles. The lowest BCUT2D eigenvalue weighted by Gasteiger charge is -2.10. The summed E-state index contributed by atoms with van der Waals surface area (Å²) in [6.45, 7) is 2.81. The first-order valence-electron chi connectivity index (χ1n) is 8.11. The van der Waals surface area contributed by atoms with Gasteiger partial charge in [0.25, 0.3) is 0 Å². The molecule has 0 aliphatic heterocycles. The van der Waals surface area contributed by atoms with E-state index in [2.05, 4.69) is 63.6 Å². The normalized spacial score (nSPS) is 12.4. The molecule has 4 rings (SSSR count). The zero-order valence-electron chi connectivity index (χ0n) is 13.8. The second kappa shape index (κ2) is 7.03. The van der Waals surface area contributed by atoms with Gasteiger partial charge in [0.1, 0.15) is 11.4 Å². The maximum Gasteiger partial charge on any atom is 0.183 e. The molecule has 0 aliphatic rings. The molecule has 0 fully saturated rings. The van der Waals surface area contributed by atoms with Crippen molar-refractivity contribution in [2.24, 2.45) is 0 Å². The van der Waals surface area contributed by atoms with Gasteiger partial charge in [0.2, 0.25) is 0 Å². The predicted octanol–water partition coefficient (Wildman–Crippen LogP) is 4.12. The van der Waals surface area contributed by atoms with Gasteiger partial charge in [-0.1, -0.05) is 77.6 Å². The molecule has 0 saturated carbocycles. The first-order chi connectivity index (χ1) is 12.3. The first kappa shape index (κ1) is 15.8. The molecule has 0 bridgehead atoms. The summed E-state index contributed by atoms with van der Waals surface area (Å²) in [5.41, 5.74) is 3.95. The van der Waals surface area contributed by atoms with Gasteiger partial charge in [-0.3, -0.25) is 0 Å². The smallest absolute Gasteiger partial charge is 0.183 e. The van der Waals surface area contributed by atoms with Crippen LogP contribution < -0.4 is 0 Å². The van der Waals surface area contributed by atoms with Gasteiger partial charge in [-0.25, -0.2) is 14.6 Å². The second-order valence-electron chi connectivity index (χ2n) is 5.75. The third kappa shape index (κ3) is 3.39. The largest absolute Gasteiger partial charge is 0.227 e. The van der Waals surface area contributed by atoms with Crippen LogP contribution >= 0.6 is 11.8 Å². The highest BCUT2D eigenvalue weighted by Crippen LogP contribution is 2.35. The molecule has 6 heteroatoms. The number of nitrogens with zero attached hydrogens (tertiary/aromatic N) is 5. The second-order valence-corrected chi connectivity index (χ2v) is 7.08. The van der Waals surface area contributed by atoms with Gasteiger partial charge in [-0.2, -0.15) is 0 Å². The molecule has 1 atom stereocenters. The van der Waals surface area contributed by atoms with E-state index in [1.54, 1.807) is 18.1 Å². The average molecular weight is 347 g/mol. The zero-order valence-corrected chi connectivity index (χ0v) is 14.6. The van der Waals surface area contributed by atoms with E-state index in [4.69, 9.17) is 0 Å². The van der Waals surface area contributed by atoms with Crippen LogP contribution in [0.2, 0.25) is 0 Å². The molecular weight excluding hydrogens is 330 g/mol. The Hall–Kier alpha value is -2.73. The standard InChI is InChI=1S/C19H17N5S/c1-14(16-10-6-3-7-11-16)25-19-17-18(20-13-21-19)24(23-22-17)12-15-8-4-2-5-9-15/h2-11,13-14H,12H2,1H3/t14-/m0/s1. The van der Waals surface area contributed by atoms with E-state index in [1.165, 1.54) is 11.1 Å². The van der Waals surface area contributed by atoms with Gasteiger partial charge >= 0.3 is 0 Å². The first-order valence-corrected chi connectivity index (χ1v) is 8.99. The molecule has 25 heavy (non-hydrogen) atoms. The summed E-state index contributed by atoms with van der Waals surface area (Å²) in [4.78, 5) is 8.82. The van der Waals surface area contributed by atoms with Crippen LogP contribution in [0.1, 0.15) is 23.3 Å². The molecular formula is C19H17N5S. The summed E-state index contributed by atoms with van der Waals surface area (Å²) in [6.07, 6.45) is 1.59. The van der Waals surface area contributed by atoms with Crippen LogP contribution in [0.3, 0.4) is 0 Å². The topological polar surface area (TPSA) is 56.5 Å². The molecule has 0 unspecified atom stereocenters. The highest BCUT2D eigenvalue weighted by atomic mass is 32.2.